The van der Waals surface area contributed by atoms with E-state index in [9.17, 15) is 0 Å². The van der Waals surface area contributed by atoms with Gasteiger partial charge in [-0.25, -0.2) is 8.78 Å². The molecule has 0 aliphatic carbocycles. The Bertz CT molecular complexity index is 747. The summed E-state index contributed by atoms with van der Waals surface area (Å²) in [4.78, 5) is 0. The molecule has 0 spiro atoms. The van der Waals surface area contributed by atoms with Gasteiger partial charge in [0.1, 0.15) is 11.7 Å². The molecule has 0 nitrogen and oxygen atoms in total. The quantitative estimate of drug-likeness (QED) is 0.178. The van der Waals surface area contributed by atoms with Crippen molar-refractivity contribution in [1.82, 2.24) is 0 Å². The summed E-state index contributed by atoms with van der Waals surface area (Å²) in [5.41, 5.74) is 0.462. The van der Waals surface area contributed by atoms with Crippen molar-refractivity contribution in [2.75, 3.05) is 0 Å². The van der Waals surface area contributed by atoms with Crippen LogP contribution < -0.4 is 0 Å². The van der Waals surface area contributed by atoms with Crippen LogP contribution >= 0.6 is 0 Å². The Labute approximate surface area is 217 Å². The first-order valence-electron chi connectivity index (χ1n) is 13.8. The van der Waals surface area contributed by atoms with E-state index in [0.29, 0.717) is 17.8 Å². The van der Waals surface area contributed by atoms with Crippen LogP contribution in [-0.4, -0.2) is 0 Å². The normalized spacial score (nSPS) is 16.9. The topological polar surface area (TPSA) is 0 Å². The minimum atomic E-state index is -1.15. The lowest BCUT2D eigenvalue weighted by atomic mass is 9.80. The van der Waals surface area contributed by atoms with Gasteiger partial charge in [-0.2, -0.15) is 0 Å². The standard InChI is InChI=1S/C33H56F2/c1-22(2)14-16-24(5)25(6)18-19-27(8)28(9)20-31(34)30(11)33(12,13)32(35)21-29(10)26(7)17-15-23(3)4/h20-27H,9-11,14-19H2,1-8,12-13H3/b31-20+,32-21+. The van der Waals surface area contributed by atoms with Crippen LogP contribution in [0, 0.1) is 40.9 Å². The Morgan fingerprint density at radius 1 is 0.629 bits per heavy atom. The van der Waals surface area contributed by atoms with Gasteiger partial charge in [-0.15, -0.1) is 0 Å². The lowest BCUT2D eigenvalue weighted by Gasteiger charge is -2.26. The van der Waals surface area contributed by atoms with Gasteiger partial charge >= 0.3 is 0 Å². The second-order valence-electron chi connectivity index (χ2n) is 12.5. The summed E-state index contributed by atoms with van der Waals surface area (Å²) in [7, 11) is 0. The van der Waals surface area contributed by atoms with Crippen LogP contribution in [0.4, 0.5) is 8.78 Å². The second kappa shape index (κ2) is 15.6. The molecule has 0 heterocycles. The van der Waals surface area contributed by atoms with Gasteiger partial charge in [-0.1, -0.05) is 94.4 Å². The molecule has 0 radical (unpaired) electrons. The van der Waals surface area contributed by atoms with Gasteiger partial charge in [-0.3, -0.25) is 0 Å². The van der Waals surface area contributed by atoms with Crippen molar-refractivity contribution in [3.05, 3.63) is 60.3 Å². The first kappa shape index (κ1) is 33.6. The molecule has 0 saturated heterocycles. The molecule has 4 unspecified atom stereocenters. The lowest BCUT2D eigenvalue weighted by molar-refractivity contribution is 0.306. The van der Waals surface area contributed by atoms with Crippen molar-refractivity contribution in [3.8, 4) is 0 Å². The van der Waals surface area contributed by atoms with E-state index in [2.05, 4.69) is 75.1 Å². The highest BCUT2D eigenvalue weighted by atomic mass is 19.1. The summed E-state index contributed by atoms with van der Waals surface area (Å²) in [5.74, 6) is 2.09. The van der Waals surface area contributed by atoms with Crippen molar-refractivity contribution in [1.29, 1.82) is 0 Å². The average Bonchev–Trinajstić information content (AvgIpc) is 2.77. The molecule has 0 aromatic rings. The van der Waals surface area contributed by atoms with Gasteiger partial charge in [0.15, 0.2) is 0 Å². The molecule has 0 aromatic carbocycles. The fraction of sp³-hybridized carbons (Fsp3) is 0.697. The maximum absolute atomic E-state index is 15.2. The van der Waals surface area contributed by atoms with Crippen LogP contribution in [0.2, 0.25) is 0 Å². The first-order chi connectivity index (χ1) is 16.0. The Hall–Kier alpha value is -1.44. The summed E-state index contributed by atoms with van der Waals surface area (Å²) >= 11 is 0. The summed E-state index contributed by atoms with van der Waals surface area (Å²) < 4.78 is 30.4. The van der Waals surface area contributed by atoms with E-state index >= 15 is 8.78 Å². The number of hydrogen-bond acceptors (Lipinski definition) is 0. The fourth-order valence-corrected chi connectivity index (χ4v) is 3.95. The highest BCUT2D eigenvalue weighted by Crippen LogP contribution is 2.40. The van der Waals surface area contributed by atoms with Crippen molar-refractivity contribution in [2.45, 2.75) is 108 Å². The second-order valence-corrected chi connectivity index (χ2v) is 12.5. The zero-order valence-electron chi connectivity index (χ0n) is 24.7. The highest BCUT2D eigenvalue weighted by Gasteiger charge is 2.30. The Kier molecular flexibility index (Phi) is 15.0. The molecule has 0 aromatic heterocycles. The van der Waals surface area contributed by atoms with Gasteiger partial charge < -0.3 is 0 Å². The summed E-state index contributed by atoms with van der Waals surface area (Å²) in [6.45, 7) is 33.1. The SMILES string of the molecule is C=C(/C=C(/F)C(C)(C)C(=C)/C(F)=C\C(=C)C(C)CCC(C)C(C)CCC(C)C)C(C)CCC(C)C. The molecular weight excluding hydrogens is 434 g/mol. The van der Waals surface area contributed by atoms with E-state index in [1.54, 1.807) is 13.8 Å². The van der Waals surface area contributed by atoms with Crippen molar-refractivity contribution in [2.24, 2.45) is 40.9 Å². The minimum absolute atomic E-state index is 0.137. The van der Waals surface area contributed by atoms with E-state index < -0.39 is 17.1 Å². The molecule has 0 saturated carbocycles. The number of rotatable bonds is 17. The van der Waals surface area contributed by atoms with Crippen molar-refractivity contribution in [3.63, 3.8) is 0 Å². The van der Waals surface area contributed by atoms with E-state index in [1.165, 1.54) is 25.0 Å². The largest absolute Gasteiger partial charge is 0.211 e. The predicted octanol–water partition coefficient (Wildman–Crippen LogP) is 11.6. The van der Waals surface area contributed by atoms with E-state index in [0.717, 1.165) is 42.7 Å². The van der Waals surface area contributed by atoms with Gasteiger partial charge in [0, 0.05) is 5.41 Å². The smallest absolute Gasteiger partial charge is 0.127 e. The number of halogens is 2. The van der Waals surface area contributed by atoms with Crippen LogP contribution in [0.5, 0.6) is 0 Å². The fourth-order valence-electron chi connectivity index (χ4n) is 3.95. The van der Waals surface area contributed by atoms with Crippen LogP contribution in [0.15, 0.2) is 60.3 Å². The number of hydrogen-bond donors (Lipinski definition) is 0. The molecule has 35 heavy (non-hydrogen) atoms. The van der Waals surface area contributed by atoms with Gasteiger partial charge in [0.05, 0.1) is 0 Å². The van der Waals surface area contributed by atoms with Gasteiger partial charge in [0.2, 0.25) is 0 Å². The van der Waals surface area contributed by atoms with E-state index in [1.807, 2.05) is 0 Å². The van der Waals surface area contributed by atoms with Crippen molar-refractivity contribution >= 4 is 0 Å². The molecule has 0 amide bonds. The zero-order chi connectivity index (χ0) is 27.5. The molecular formula is C33H56F2. The summed E-state index contributed by atoms with van der Waals surface area (Å²) in [5, 5.41) is 0. The zero-order valence-corrected chi connectivity index (χ0v) is 24.7. The molecule has 0 aliphatic heterocycles. The molecule has 2 heteroatoms. The Balaban J connectivity index is 5.11. The van der Waals surface area contributed by atoms with Crippen LogP contribution in [0.3, 0.4) is 0 Å². The molecule has 0 rings (SSSR count). The molecule has 4 atom stereocenters. The van der Waals surface area contributed by atoms with Crippen molar-refractivity contribution < 1.29 is 8.78 Å². The third kappa shape index (κ3) is 12.4. The lowest BCUT2D eigenvalue weighted by Crippen LogP contribution is -2.17. The summed E-state index contributed by atoms with van der Waals surface area (Å²) in [6, 6.07) is 0. The van der Waals surface area contributed by atoms with E-state index in [-0.39, 0.29) is 17.4 Å². The Morgan fingerprint density at radius 2 is 1.00 bits per heavy atom. The molecule has 202 valence electrons. The predicted molar refractivity (Wildman–Crippen MR) is 154 cm³/mol. The van der Waals surface area contributed by atoms with Gasteiger partial charge in [-0.05, 0) is 97.5 Å². The maximum atomic E-state index is 15.2. The maximum Gasteiger partial charge on any atom is 0.127 e. The summed E-state index contributed by atoms with van der Waals surface area (Å²) in [6.07, 6.45) is 9.53. The first-order valence-corrected chi connectivity index (χ1v) is 13.8. The molecule has 0 bridgehead atoms. The molecule has 0 N–H and O–H groups in total. The Morgan fingerprint density at radius 3 is 1.46 bits per heavy atom. The van der Waals surface area contributed by atoms with Gasteiger partial charge in [0.25, 0.3) is 0 Å². The third-order valence-corrected chi connectivity index (χ3v) is 7.93. The molecule has 0 aliphatic rings. The third-order valence-electron chi connectivity index (χ3n) is 7.93. The van der Waals surface area contributed by atoms with Crippen LogP contribution in [0.1, 0.15) is 108 Å². The van der Waals surface area contributed by atoms with Crippen LogP contribution in [0.25, 0.3) is 0 Å². The minimum Gasteiger partial charge on any atom is -0.211 e. The highest BCUT2D eigenvalue weighted by molar-refractivity contribution is 5.40. The monoisotopic (exact) mass is 490 g/mol. The molecule has 0 fully saturated rings. The average molecular weight is 491 g/mol. The number of allylic oxidation sites excluding steroid dienone is 7. The van der Waals surface area contributed by atoms with E-state index in [4.69, 9.17) is 0 Å². The van der Waals surface area contributed by atoms with Crippen LogP contribution in [-0.2, 0) is 0 Å².